The van der Waals surface area contributed by atoms with Crippen molar-refractivity contribution < 1.29 is 4.79 Å². The monoisotopic (exact) mass is 253 g/mol. The number of nitrogens with zero attached hydrogens (tertiary/aromatic N) is 1. The average Bonchev–Trinajstić information content (AvgIpc) is 2.39. The van der Waals surface area contributed by atoms with E-state index in [-0.39, 0.29) is 18.2 Å². The Morgan fingerprint density at radius 1 is 1.18 bits per heavy atom. The Morgan fingerprint density at radius 2 is 1.82 bits per heavy atom. The average molecular weight is 254 g/mol. The second-order valence-corrected chi connectivity index (χ2v) is 4.34. The molecule has 0 atom stereocenters. The van der Waals surface area contributed by atoms with Crippen LogP contribution >= 0.6 is 12.4 Å². The molecule has 0 aromatic heterocycles. The number of ketones is 1. The second kappa shape index (κ2) is 6.65. The van der Waals surface area contributed by atoms with Crippen molar-refractivity contribution in [3.05, 3.63) is 29.8 Å². The van der Waals surface area contributed by atoms with Gasteiger partial charge in [0.1, 0.15) is 0 Å². The maximum Gasteiger partial charge on any atom is 0.164 e. The maximum atomic E-state index is 11.9. The van der Waals surface area contributed by atoms with Gasteiger partial charge < -0.3 is 4.90 Å². The molecule has 1 heterocycles. The summed E-state index contributed by atoms with van der Waals surface area (Å²) in [6.45, 7) is 4.11. The molecule has 0 aliphatic carbocycles. The standard InChI is InChI=1S/C14H19NO.ClH/c1-2-14(16)12-8-4-5-9-13(12)15-10-6-3-7-11-15;/h4-5,8-9H,2-3,6-7,10-11H2,1H3;1H. The number of halogens is 1. The van der Waals surface area contributed by atoms with E-state index in [0.717, 1.165) is 24.3 Å². The summed E-state index contributed by atoms with van der Waals surface area (Å²) in [5, 5.41) is 0. The minimum Gasteiger partial charge on any atom is -0.371 e. The Balaban J connectivity index is 0.00000144. The molecule has 1 aromatic rings. The van der Waals surface area contributed by atoms with Gasteiger partial charge in [0.15, 0.2) is 5.78 Å². The smallest absolute Gasteiger partial charge is 0.164 e. The number of hydrogen-bond donors (Lipinski definition) is 0. The summed E-state index contributed by atoms with van der Waals surface area (Å²) in [6, 6.07) is 8.01. The molecule has 0 amide bonds. The van der Waals surface area contributed by atoms with Crippen LogP contribution in [0.3, 0.4) is 0 Å². The maximum absolute atomic E-state index is 11.9. The molecule has 0 radical (unpaired) electrons. The van der Waals surface area contributed by atoms with Crippen molar-refractivity contribution in [2.24, 2.45) is 0 Å². The molecule has 0 bridgehead atoms. The Hall–Kier alpha value is -1.02. The van der Waals surface area contributed by atoms with Gasteiger partial charge in [-0.1, -0.05) is 19.1 Å². The molecule has 0 unspecified atom stereocenters. The summed E-state index contributed by atoms with van der Waals surface area (Å²) in [5.41, 5.74) is 2.03. The zero-order chi connectivity index (χ0) is 11.4. The van der Waals surface area contributed by atoms with Gasteiger partial charge >= 0.3 is 0 Å². The Labute approximate surface area is 109 Å². The van der Waals surface area contributed by atoms with E-state index >= 15 is 0 Å². The molecule has 2 nitrogen and oxygen atoms in total. The van der Waals surface area contributed by atoms with Crippen LogP contribution in [0.4, 0.5) is 5.69 Å². The zero-order valence-corrected chi connectivity index (χ0v) is 11.1. The van der Waals surface area contributed by atoms with Crippen LogP contribution in [-0.2, 0) is 0 Å². The lowest BCUT2D eigenvalue weighted by molar-refractivity contribution is 0.0988. The van der Waals surface area contributed by atoms with Crippen LogP contribution in [0.1, 0.15) is 43.0 Å². The van der Waals surface area contributed by atoms with Crippen LogP contribution in [-0.4, -0.2) is 18.9 Å². The van der Waals surface area contributed by atoms with E-state index < -0.39 is 0 Å². The van der Waals surface area contributed by atoms with Gasteiger partial charge in [-0.3, -0.25) is 4.79 Å². The highest BCUT2D eigenvalue weighted by molar-refractivity contribution is 6.01. The fourth-order valence-electron chi connectivity index (χ4n) is 2.31. The highest BCUT2D eigenvalue weighted by Crippen LogP contribution is 2.24. The van der Waals surface area contributed by atoms with Crippen LogP contribution in [0, 0.1) is 0 Å². The quantitative estimate of drug-likeness (QED) is 0.766. The fraction of sp³-hybridized carbons (Fsp3) is 0.500. The van der Waals surface area contributed by atoms with Crippen molar-refractivity contribution in [2.45, 2.75) is 32.6 Å². The van der Waals surface area contributed by atoms with Crippen molar-refractivity contribution in [1.29, 1.82) is 0 Å². The number of rotatable bonds is 3. The third-order valence-corrected chi connectivity index (χ3v) is 3.22. The lowest BCUT2D eigenvalue weighted by Gasteiger charge is -2.30. The van der Waals surface area contributed by atoms with E-state index in [0.29, 0.717) is 6.42 Å². The van der Waals surface area contributed by atoms with Gasteiger partial charge in [0.25, 0.3) is 0 Å². The molecule has 0 N–H and O–H groups in total. The van der Waals surface area contributed by atoms with Gasteiger partial charge in [-0.2, -0.15) is 0 Å². The summed E-state index contributed by atoms with van der Waals surface area (Å²) in [6.07, 6.45) is 4.40. The molecule has 3 heteroatoms. The van der Waals surface area contributed by atoms with E-state index in [1.807, 2.05) is 25.1 Å². The second-order valence-electron chi connectivity index (χ2n) is 4.34. The first-order chi connectivity index (χ1) is 7.83. The first-order valence-corrected chi connectivity index (χ1v) is 6.20. The molecule has 17 heavy (non-hydrogen) atoms. The molecule has 1 aromatic carbocycles. The van der Waals surface area contributed by atoms with Gasteiger partial charge in [-0.15, -0.1) is 12.4 Å². The topological polar surface area (TPSA) is 20.3 Å². The van der Waals surface area contributed by atoms with Gasteiger partial charge in [0.05, 0.1) is 0 Å². The molecular formula is C14H20ClNO. The van der Waals surface area contributed by atoms with E-state index in [9.17, 15) is 4.79 Å². The van der Waals surface area contributed by atoms with E-state index in [4.69, 9.17) is 0 Å². The van der Waals surface area contributed by atoms with Crippen LogP contribution < -0.4 is 4.90 Å². The predicted octanol–water partition coefficient (Wildman–Crippen LogP) is 3.69. The highest BCUT2D eigenvalue weighted by Gasteiger charge is 2.16. The zero-order valence-electron chi connectivity index (χ0n) is 10.3. The largest absolute Gasteiger partial charge is 0.371 e. The Morgan fingerprint density at radius 3 is 2.47 bits per heavy atom. The van der Waals surface area contributed by atoms with Crippen LogP contribution in [0.15, 0.2) is 24.3 Å². The molecular weight excluding hydrogens is 234 g/mol. The van der Waals surface area contributed by atoms with Gasteiger partial charge in [0.2, 0.25) is 0 Å². The SMILES string of the molecule is CCC(=O)c1ccccc1N1CCCCC1.Cl. The van der Waals surface area contributed by atoms with Crippen molar-refractivity contribution in [2.75, 3.05) is 18.0 Å². The minimum absolute atomic E-state index is 0. The van der Waals surface area contributed by atoms with Gasteiger partial charge in [-0.25, -0.2) is 0 Å². The first-order valence-electron chi connectivity index (χ1n) is 6.20. The highest BCUT2D eigenvalue weighted by atomic mass is 35.5. The molecule has 0 spiro atoms. The molecule has 0 saturated carbocycles. The number of carbonyl (C=O) groups excluding carboxylic acids is 1. The lowest BCUT2D eigenvalue weighted by Crippen LogP contribution is -2.30. The Bertz CT molecular complexity index is 372. The third kappa shape index (κ3) is 3.22. The molecule has 1 aliphatic rings. The summed E-state index contributed by atoms with van der Waals surface area (Å²) < 4.78 is 0. The third-order valence-electron chi connectivity index (χ3n) is 3.22. The molecule has 2 rings (SSSR count). The van der Waals surface area contributed by atoms with E-state index in [2.05, 4.69) is 11.0 Å². The van der Waals surface area contributed by atoms with Crippen molar-refractivity contribution in [1.82, 2.24) is 0 Å². The van der Waals surface area contributed by atoms with Crippen molar-refractivity contribution in [3.8, 4) is 0 Å². The normalized spacial score (nSPS) is 15.2. The van der Waals surface area contributed by atoms with Crippen LogP contribution in [0.25, 0.3) is 0 Å². The summed E-state index contributed by atoms with van der Waals surface area (Å²) in [5.74, 6) is 0.251. The number of carbonyl (C=O) groups is 1. The Kier molecular flexibility index (Phi) is 5.49. The summed E-state index contributed by atoms with van der Waals surface area (Å²) in [4.78, 5) is 14.2. The number of hydrogen-bond acceptors (Lipinski definition) is 2. The van der Waals surface area contributed by atoms with Gasteiger partial charge in [-0.05, 0) is 31.4 Å². The lowest BCUT2D eigenvalue weighted by atomic mass is 10.0. The number of benzene rings is 1. The number of anilines is 1. The first kappa shape index (κ1) is 14.0. The van der Waals surface area contributed by atoms with E-state index in [1.54, 1.807) is 0 Å². The number of piperidine rings is 1. The molecule has 1 saturated heterocycles. The molecule has 1 fully saturated rings. The number of para-hydroxylation sites is 1. The molecule has 94 valence electrons. The minimum atomic E-state index is 0. The predicted molar refractivity (Wildman–Crippen MR) is 74.4 cm³/mol. The van der Waals surface area contributed by atoms with Crippen molar-refractivity contribution in [3.63, 3.8) is 0 Å². The van der Waals surface area contributed by atoms with Crippen LogP contribution in [0.2, 0.25) is 0 Å². The molecule has 1 aliphatic heterocycles. The number of Topliss-reactive ketones (excluding diaryl/α,β-unsaturated/α-hetero) is 1. The van der Waals surface area contributed by atoms with Gasteiger partial charge in [0, 0.05) is 30.8 Å². The van der Waals surface area contributed by atoms with Crippen LogP contribution in [0.5, 0.6) is 0 Å². The summed E-state index contributed by atoms with van der Waals surface area (Å²) >= 11 is 0. The van der Waals surface area contributed by atoms with E-state index in [1.165, 1.54) is 19.3 Å². The summed E-state index contributed by atoms with van der Waals surface area (Å²) in [7, 11) is 0. The fourth-order valence-corrected chi connectivity index (χ4v) is 2.31. The van der Waals surface area contributed by atoms with Crippen molar-refractivity contribution >= 4 is 23.9 Å².